The van der Waals surface area contributed by atoms with Crippen molar-refractivity contribution in [3.05, 3.63) is 24.8 Å². The number of carbonyl (C=O) groups excluding carboxylic acids is 1. The van der Waals surface area contributed by atoms with Crippen LogP contribution >= 0.6 is 0 Å². The molecule has 13 heavy (non-hydrogen) atoms. The first-order valence-electron chi connectivity index (χ1n) is 4.82. The molecule has 0 heterocycles. The summed E-state index contributed by atoms with van der Waals surface area (Å²) >= 11 is 0. The Bertz CT molecular complexity index is 204. The third-order valence-corrected chi connectivity index (χ3v) is 4.75. The van der Waals surface area contributed by atoms with E-state index in [1.54, 1.807) is 6.08 Å². The molecule has 0 N–H and O–H groups in total. The molecule has 0 aliphatic rings. The molecule has 0 spiro atoms. The zero-order chi connectivity index (χ0) is 10.3. The normalized spacial score (nSPS) is 11.9. The summed E-state index contributed by atoms with van der Waals surface area (Å²) in [4.78, 5) is 11.0. The minimum Gasteiger partial charge on any atom is -0.295 e. The Labute approximate surface area is 82.6 Å². The summed E-state index contributed by atoms with van der Waals surface area (Å²) in [5.41, 5.74) is 0. The van der Waals surface area contributed by atoms with Crippen molar-refractivity contribution >= 4 is 13.9 Å². The van der Waals surface area contributed by atoms with E-state index in [-0.39, 0.29) is 5.78 Å². The van der Waals surface area contributed by atoms with E-state index in [4.69, 9.17) is 0 Å². The van der Waals surface area contributed by atoms with Gasteiger partial charge in [-0.1, -0.05) is 32.2 Å². The molecule has 1 nitrogen and oxygen atoms in total. The van der Waals surface area contributed by atoms with Gasteiger partial charge in [-0.15, -0.1) is 6.58 Å². The van der Waals surface area contributed by atoms with E-state index in [0.717, 1.165) is 12.1 Å². The van der Waals surface area contributed by atoms with E-state index >= 15 is 0 Å². The molecule has 0 aromatic heterocycles. The van der Waals surface area contributed by atoms with Crippen LogP contribution in [-0.2, 0) is 4.79 Å². The van der Waals surface area contributed by atoms with Gasteiger partial charge >= 0.3 is 0 Å². The highest BCUT2D eigenvalue weighted by Crippen LogP contribution is 2.15. The second kappa shape index (κ2) is 5.92. The first kappa shape index (κ1) is 12.4. The Morgan fingerprint density at radius 2 is 2.00 bits per heavy atom. The topological polar surface area (TPSA) is 17.1 Å². The van der Waals surface area contributed by atoms with Crippen molar-refractivity contribution in [3.8, 4) is 0 Å². The van der Waals surface area contributed by atoms with Crippen LogP contribution in [0.2, 0.25) is 25.2 Å². The van der Waals surface area contributed by atoms with Crippen molar-refractivity contribution < 1.29 is 4.79 Å². The zero-order valence-corrected chi connectivity index (χ0v) is 9.97. The largest absolute Gasteiger partial charge is 0.295 e. The van der Waals surface area contributed by atoms with E-state index in [1.165, 1.54) is 0 Å². The summed E-state index contributed by atoms with van der Waals surface area (Å²) in [7, 11) is -1.14. The lowest BCUT2D eigenvalue weighted by molar-refractivity contribution is -0.114. The van der Waals surface area contributed by atoms with Crippen molar-refractivity contribution in [1.82, 2.24) is 0 Å². The smallest absolute Gasteiger partial charge is 0.155 e. The minimum absolute atomic E-state index is 0.225. The van der Waals surface area contributed by atoms with Crippen LogP contribution in [0.5, 0.6) is 0 Å². The van der Waals surface area contributed by atoms with Gasteiger partial charge in [-0.05, 0) is 18.2 Å². The van der Waals surface area contributed by atoms with Gasteiger partial charge in [0.15, 0.2) is 5.78 Å². The highest BCUT2D eigenvalue weighted by Gasteiger charge is 2.16. The number of hydrogen-bond acceptors (Lipinski definition) is 1. The van der Waals surface area contributed by atoms with Crippen molar-refractivity contribution in [3.63, 3.8) is 0 Å². The third kappa shape index (κ3) is 6.52. The second-order valence-corrected chi connectivity index (χ2v) is 9.23. The molecule has 0 aliphatic carbocycles. The predicted octanol–water partition coefficient (Wildman–Crippen LogP) is 3.42. The monoisotopic (exact) mass is 196 g/mol. The van der Waals surface area contributed by atoms with Crippen molar-refractivity contribution in [2.75, 3.05) is 0 Å². The Morgan fingerprint density at radius 3 is 2.46 bits per heavy atom. The van der Waals surface area contributed by atoms with Gasteiger partial charge in [-0.2, -0.15) is 0 Å². The van der Waals surface area contributed by atoms with Crippen LogP contribution in [0.15, 0.2) is 24.8 Å². The fourth-order valence-electron chi connectivity index (χ4n) is 1.10. The van der Waals surface area contributed by atoms with Gasteiger partial charge in [0.25, 0.3) is 0 Å². The average molecular weight is 196 g/mol. The molecule has 0 radical (unpaired) electrons. The Morgan fingerprint density at radius 1 is 1.38 bits per heavy atom. The average Bonchev–Trinajstić information content (AvgIpc) is 2.03. The van der Waals surface area contributed by atoms with Crippen molar-refractivity contribution in [2.24, 2.45) is 0 Å². The van der Waals surface area contributed by atoms with Crippen LogP contribution < -0.4 is 0 Å². The highest BCUT2D eigenvalue weighted by atomic mass is 28.3. The fourth-order valence-corrected chi connectivity index (χ4v) is 2.81. The molecule has 2 heteroatoms. The molecule has 0 saturated carbocycles. The number of rotatable bonds is 6. The number of allylic oxidation sites excluding steroid dienone is 3. The van der Waals surface area contributed by atoms with Crippen LogP contribution in [0.3, 0.4) is 0 Å². The summed E-state index contributed by atoms with van der Waals surface area (Å²) < 4.78 is 0. The van der Waals surface area contributed by atoms with E-state index in [9.17, 15) is 4.79 Å². The molecule has 0 amide bonds. The van der Waals surface area contributed by atoms with Crippen LogP contribution in [0.1, 0.15) is 13.3 Å². The van der Waals surface area contributed by atoms with Gasteiger partial charge in [0.2, 0.25) is 0 Å². The summed E-state index contributed by atoms with van der Waals surface area (Å²) in [6.45, 7) is 10.3. The molecule has 0 aromatic carbocycles. The van der Waals surface area contributed by atoms with Crippen LogP contribution in [0.4, 0.5) is 0 Å². The summed E-state index contributed by atoms with van der Waals surface area (Å²) in [5, 5.41) is 0. The Hall–Kier alpha value is -0.633. The van der Waals surface area contributed by atoms with Crippen molar-refractivity contribution in [2.45, 2.75) is 38.5 Å². The molecule has 0 rings (SSSR count). The van der Waals surface area contributed by atoms with Gasteiger partial charge in [0.1, 0.15) is 0 Å². The SMILES string of the molecule is C=CC[Si](C)(C)C/C=C/C(=O)CC. The minimum atomic E-state index is -1.14. The predicted molar refractivity (Wildman–Crippen MR) is 61.7 cm³/mol. The molecule has 74 valence electrons. The number of hydrogen-bond donors (Lipinski definition) is 0. The standard InChI is InChI=1S/C11H20OSi/c1-5-9-13(3,4)10-7-8-11(12)6-2/h5,7-8H,1,6,9-10H2,2-4H3/b8-7+. The van der Waals surface area contributed by atoms with Gasteiger partial charge in [0, 0.05) is 6.42 Å². The summed E-state index contributed by atoms with van der Waals surface area (Å²) in [5.74, 6) is 0.225. The van der Waals surface area contributed by atoms with E-state index < -0.39 is 8.07 Å². The quantitative estimate of drug-likeness (QED) is 0.361. The van der Waals surface area contributed by atoms with Gasteiger partial charge in [-0.3, -0.25) is 4.79 Å². The molecule has 0 aliphatic heterocycles. The first-order valence-corrected chi connectivity index (χ1v) is 8.23. The Kier molecular flexibility index (Phi) is 5.63. The lowest BCUT2D eigenvalue weighted by Gasteiger charge is -2.17. The second-order valence-electron chi connectivity index (χ2n) is 4.08. The van der Waals surface area contributed by atoms with E-state index in [2.05, 4.69) is 19.7 Å². The molecule has 0 saturated heterocycles. The highest BCUT2D eigenvalue weighted by molar-refractivity contribution is 6.78. The summed E-state index contributed by atoms with van der Waals surface area (Å²) in [6.07, 6.45) is 6.35. The van der Waals surface area contributed by atoms with Crippen LogP contribution in [-0.4, -0.2) is 13.9 Å². The lowest BCUT2D eigenvalue weighted by Crippen LogP contribution is -2.22. The van der Waals surface area contributed by atoms with Gasteiger partial charge in [-0.25, -0.2) is 0 Å². The zero-order valence-electron chi connectivity index (χ0n) is 8.97. The lowest BCUT2D eigenvalue weighted by atomic mass is 10.3. The molecule has 0 aromatic rings. The maximum Gasteiger partial charge on any atom is 0.155 e. The van der Waals surface area contributed by atoms with Gasteiger partial charge in [0.05, 0.1) is 8.07 Å². The fraction of sp³-hybridized carbons (Fsp3) is 0.545. The van der Waals surface area contributed by atoms with Crippen molar-refractivity contribution in [1.29, 1.82) is 0 Å². The molecule has 0 unspecified atom stereocenters. The maximum atomic E-state index is 11.0. The van der Waals surface area contributed by atoms with E-state index in [1.807, 2.05) is 19.1 Å². The molecule has 0 atom stereocenters. The third-order valence-electron chi connectivity index (χ3n) is 2.02. The number of carbonyl (C=O) groups is 1. The molecule has 0 fully saturated rings. The summed E-state index contributed by atoms with van der Waals surface area (Å²) in [6, 6.07) is 2.20. The van der Waals surface area contributed by atoms with E-state index in [0.29, 0.717) is 6.42 Å². The Balaban J connectivity index is 3.92. The van der Waals surface area contributed by atoms with Crippen LogP contribution in [0, 0.1) is 0 Å². The molecule has 0 bridgehead atoms. The van der Waals surface area contributed by atoms with Gasteiger partial charge < -0.3 is 0 Å². The number of ketones is 1. The first-order chi connectivity index (χ1) is 6.02. The molecular weight excluding hydrogens is 176 g/mol. The molecular formula is C11H20OSi. The van der Waals surface area contributed by atoms with Crippen LogP contribution in [0.25, 0.3) is 0 Å². The maximum absolute atomic E-state index is 11.0.